The summed E-state index contributed by atoms with van der Waals surface area (Å²) in [6, 6.07) is 0.0927. The van der Waals surface area contributed by atoms with Crippen LogP contribution in [0.4, 0.5) is 0 Å². The SMILES string of the molecule is C=C(C)C[C@@H](c1c(Cl)cnc(Cl)c1Cl)N1CCNCC1. The summed E-state index contributed by atoms with van der Waals surface area (Å²) in [5.41, 5.74) is 1.95. The van der Waals surface area contributed by atoms with Crippen molar-refractivity contribution in [3.8, 4) is 0 Å². The molecule has 3 nitrogen and oxygen atoms in total. The van der Waals surface area contributed by atoms with Gasteiger partial charge in [-0.05, 0) is 13.3 Å². The van der Waals surface area contributed by atoms with Gasteiger partial charge in [-0.2, -0.15) is 0 Å². The van der Waals surface area contributed by atoms with Gasteiger partial charge in [-0.1, -0.05) is 40.4 Å². The highest BCUT2D eigenvalue weighted by Gasteiger charge is 2.27. The van der Waals surface area contributed by atoms with Gasteiger partial charge >= 0.3 is 0 Å². The normalized spacial score (nSPS) is 18.0. The number of hydrogen-bond acceptors (Lipinski definition) is 3. The Bertz CT molecular complexity index is 499. The zero-order valence-corrected chi connectivity index (χ0v) is 13.7. The van der Waals surface area contributed by atoms with Crippen LogP contribution in [0.5, 0.6) is 0 Å². The fraction of sp³-hybridized carbons (Fsp3) is 0.500. The molecule has 1 aliphatic heterocycles. The van der Waals surface area contributed by atoms with E-state index < -0.39 is 0 Å². The van der Waals surface area contributed by atoms with Crippen molar-refractivity contribution in [1.29, 1.82) is 0 Å². The van der Waals surface area contributed by atoms with Crippen molar-refractivity contribution in [2.75, 3.05) is 26.2 Å². The molecule has 110 valence electrons. The number of nitrogens with one attached hydrogen (secondary N) is 1. The van der Waals surface area contributed by atoms with Crippen molar-refractivity contribution in [1.82, 2.24) is 15.2 Å². The second-order valence-corrected chi connectivity index (χ2v) is 6.23. The van der Waals surface area contributed by atoms with Gasteiger partial charge in [0.15, 0.2) is 0 Å². The first kappa shape index (κ1) is 16.1. The number of halogens is 3. The summed E-state index contributed by atoms with van der Waals surface area (Å²) in [5.74, 6) is 0. The molecule has 0 saturated carbocycles. The lowest BCUT2D eigenvalue weighted by Crippen LogP contribution is -2.45. The Kier molecular flexibility index (Phi) is 5.70. The predicted molar refractivity (Wildman–Crippen MR) is 85.9 cm³/mol. The fourth-order valence-electron chi connectivity index (χ4n) is 2.50. The van der Waals surface area contributed by atoms with Gasteiger partial charge in [0.2, 0.25) is 0 Å². The monoisotopic (exact) mass is 333 g/mol. The molecule has 0 spiro atoms. The molecule has 1 fully saturated rings. The molecule has 6 heteroatoms. The van der Waals surface area contributed by atoms with Gasteiger partial charge in [0.25, 0.3) is 0 Å². The first-order chi connectivity index (χ1) is 9.50. The van der Waals surface area contributed by atoms with Crippen LogP contribution >= 0.6 is 34.8 Å². The van der Waals surface area contributed by atoms with E-state index in [1.807, 2.05) is 6.92 Å². The van der Waals surface area contributed by atoms with E-state index in [-0.39, 0.29) is 6.04 Å². The van der Waals surface area contributed by atoms with Gasteiger partial charge in [-0.3, -0.25) is 4.90 Å². The zero-order chi connectivity index (χ0) is 14.7. The molecule has 2 rings (SSSR count). The second-order valence-electron chi connectivity index (χ2n) is 5.09. The fourth-order valence-corrected chi connectivity index (χ4v) is 3.24. The van der Waals surface area contributed by atoms with Gasteiger partial charge in [0.1, 0.15) is 5.15 Å². The quantitative estimate of drug-likeness (QED) is 0.667. The molecule has 0 amide bonds. The topological polar surface area (TPSA) is 28.2 Å². The molecule has 2 heterocycles. The predicted octanol–water partition coefficient (Wildman–Crippen LogP) is 3.95. The summed E-state index contributed by atoms with van der Waals surface area (Å²) in [6.45, 7) is 9.85. The van der Waals surface area contributed by atoms with Crippen molar-refractivity contribution in [2.24, 2.45) is 0 Å². The van der Waals surface area contributed by atoms with Crippen LogP contribution in [0, 0.1) is 0 Å². The average molecular weight is 335 g/mol. The van der Waals surface area contributed by atoms with E-state index in [1.54, 1.807) is 6.20 Å². The highest BCUT2D eigenvalue weighted by atomic mass is 35.5. The summed E-state index contributed by atoms with van der Waals surface area (Å²) in [5, 5.41) is 4.65. The van der Waals surface area contributed by atoms with Crippen molar-refractivity contribution >= 4 is 34.8 Å². The second kappa shape index (κ2) is 7.10. The van der Waals surface area contributed by atoms with E-state index in [0.29, 0.717) is 15.2 Å². The van der Waals surface area contributed by atoms with Gasteiger partial charge in [0, 0.05) is 44.0 Å². The van der Waals surface area contributed by atoms with Crippen LogP contribution in [0.15, 0.2) is 18.3 Å². The number of pyridine rings is 1. The van der Waals surface area contributed by atoms with Crippen molar-refractivity contribution in [3.05, 3.63) is 39.1 Å². The molecule has 0 aliphatic carbocycles. The molecular weight excluding hydrogens is 317 g/mol. The minimum absolute atomic E-state index is 0.0927. The third-order valence-corrected chi connectivity index (χ3v) is 4.50. The summed E-state index contributed by atoms with van der Waals surface area (Å²) in [4.78, 5) is 6.36. The minimum atomic E-state index is 0.0927. The van der Waals surface area contributed by atoms with E-state index in [4.69, 9.17) is 34.8 Å². The summed E-state index contributed by atoms with van der Waals surface area (Å²) in [7, 11) is 0. The molecule has 0 radical (unpaired) electrons. The third kappa shape index (κ3) is 3.66. The Morgan fingerprint density at radius 1 is 1.40 bits per heavy atom. The van der Waals surface area contributed by atoms with E-state index in [0.717, 1.165) is 43.7 Å². The molecule has 1 aromatic rings. The molecule has 20 heavy (non-hydrogen) atoms. The van der Waals surface area contributed by atoms with E-state index in [2.05, 4.69) is 21.8 Å². The van der Waals surface area contributed by atoms with E-state index in [1.165, 1.54) is 0 Å². The van der Waals surface area contributed by atoms with Gasteiger partial charge < -0.3 is 5.32 Å². The van der Waals surface area contributed by atoms with Crippen LogP contribution < -0.4 is 5.32 Å². The maximum absolute atomic E-state index is 6.35. The van der Waals surface area contributed by atoms with E-state index in [9.17, 15) is 0 Å². The van der Waals surface area contributed by atoms with Crippen molar-refractivity contribution < 1.29 is 0 Å². The maximum atomic E-state index is 6.35. The number of nitrogens with zero attached hydrogens (tertiary/aromatic N) is 2. The van der Waals surface area contributed by atoms with Crippen molar-refractivity contribution in [2.45, 2.75) is 19.4 Å². The molecule has 0 bridgehead atoms. The molecule has 1 aromatic heterocycles. The average Bonchev–Trinajstić information content (AvgIpc) is 2.43. The lowest BCUT2D eigenvalue weighted by molar-refractivity contribution is 0.172. The van der Waals surface area contributed by atoms with Gasteiger partial charge in [-0.15, -0.1) is 6.58 Å². The largest absolute Gasteiger partial charge is 0.314 e. The molecule has 1 saturated heterocycles. The highest BCUT2D eigenvalue weighted by molar-refractivity contribution is 6.43. The minimum Gasteiger partial charge on any atom is -0.314 e. The van der Waals surface area contributed by atoms with Crippen molar-refractivity contribution in [3.63, 3.8) is 0 Å². The van der Waals surface area contributed by atoms with Crippen LogP contribution in [-0.4, -0.2) is 36.1 Å². The van der Waals surface area contributed by atoms with Gasteiger partial charge in [-0.25, -0.2) is 4.98 Å². The molecule has 0 unspecified atom stereocenters. The Morgan fingerprint density at radius 3 is 2.65 bits per heavy atom. The van der Waals surface area contributed by atoms with E-state index >= 15 is 0 Å². The van der Waals surface area contributed by atoms with Crippen LogP contribution in [0.2, 0.25) is 15.2 Å². The van der Waals surface area contributed by atoms with Crippen LogP contribution in [0.1, 0.15) is 24.9 Å². The molecule has 1 atom stereocenters. The third-order valence-electron chi connectivity index (χ3n) is 3.43. The molecule has 1 N–H and O–H groups in total. The molecular formula is C14H18Cl3N3. The number of aromatic nitrogens is 1. The number of rotatable bonds is 4. The lowest BCUT2D eigenvalue weighted by atomic mass is 9.98. The summed E-state index contributed by atoms with van der Waals surface area (Å²) < 4.78 is 0. The number of piperazine rings is 1. The van der Waals surface area contributed by atoms with Crippen LogP contribution in [0.25, 0.3) is 0 Å². The van der Waals surface area contributed by atoms with Crippen LogP contribution in [-0.2, 0) is 0 Å². The first-order valence-corrected chi connectivity index (χ1v) is 7.72. The standard InChI is InChI=1S/C14H18Cl3N3/c1-9(2)7-11(20-5-3-18-4-6-20)12-10(15)8-19-14(17)13(12)16/h8,11,18H,1,3-7H2,2H3/t11-/m0/s1. The lowest BCUT2D eigenvalue weighted by Gasteiger charge is -2.36. The Hall–Kier alpha value is -0.320. The highest BCUT2D eigenvalue weighted by Crippen LogP contribution is 2.39. The molecule has 1 aliphatic rings. The smallest absolute Gasteiger partial charge is 0.148 e. The Labute approximate surface area is 134 Å². The zero-order valence-electron chi connectivity index (χ0n) is 11.4. The first-order valence-electron chi connectivity index (χ1n) is 6.59. The van der Waals surface area contributed by atoms with Crippen LogP contribution in [0.3, 0.4) is 0 Å². The van der Waals surface area contributed by atoms with Gasteiger partial charge in [0.05, 0.1) is 10.0 Å². The maximum Gasteiger partial charge on any atom is 0.148 e. The number of hydrogen-bond donors (Lipinski definition) is 1. The summed E-state index contributed by atoms with van der Waals surface area (Å²) >= 11 is 18.7. The summed E-state index contributed by atoms with van der Waals surface area (Å²) in [6.07, 6.45) is 2.37. The molecule has 0 aromatic carbocycles. The Balaban J connectivity index is 2.40. The Morgan fingerprint density at radius 2 is 2.05 bits per heavy atom.